The molecule has 0 spiro atoms. The standard InChI is InChI=1S/C15H12ClN5/c16-7-13-6-14(18-9-11-4-2-1-3-5-11)21-15(20-13)12(8-17)10-19-21/h1-6,10,18H,7,9H2. The summed E-state index contributed by atoms with van der Waals surface area (Å²) >= 11 is 5.88. The van der Waals surface area contributed by atoms with Gasteiger partial charge in [-0.05, 0) is 5.56 Å². The number of hydrogen-bond acceptors (Lipinski definition) is 4. The van der Waals surface area contributed by atoms with Gasteiger partial charge in [0.1, 0.15) is 17.5 Å². The molecule has 0 aliphatic carbocycles. The van der Waals surface area contributed by atoms with E-state index >= 15 is 0 Å². The second-order valence-corrected chi connectivity index (χ2v) is 4.78. The first-order valence-corrected chi connectivity index (χ1v) is 6.97. The lowest BCUT2D eigenvalue weighted by Crippen LogP contribution is -2.07. The van der Waals surface area contributed by atoms with Crippen LogP contribution in [0.5, 0.6) is 0 Å². The number of fused-ring (bicyclic) bond motifs is 1. The molecule has 1 aromatic carbocycles. The number of nitrogens with one attached hydrogen (secondary N) is 1. The molecule has 0 bridgehead atoms. The summed E-state index contributed by atoms with van der Waals surface area (Å²) in [4.78, 5) is 4.35. The smallest absolute Gasteiger partial charge is 0.175 e. The molecule has 21 heavy (non-hydrogen) atoms. The van der Waals surface area contributed by atoms with Gasteiger partial charge in [-0.25, -0.2) is 4.98 Å². The predicted octanol–water partition coefficient (Wildman–Crippen LogP) is 2.95. The summed E-state index contributed by atoms with van der Waals surface area (Å²) in [7, 11) is 0. The maximum atomic E-state index is 9.09. The van der Waals surface area contributed by atoms with Crippen LogP contribution in [0.2, 0.25) is 0 Å². The number of aromatic nitrogens is 3. The molecule has 0 unspecified atom stereocenters. The van der Waals surface area contributed by atoms with E-state index in [9.17, 15) is 0 Å². The van der Waals surface area contributed by atoms with Crippen LogP contribution in [0.25, 0.3) is 5.65 Å². The van der Waals surface area contributed by atoms with Crippen LogP contribution in [0.3, 0.4) is 0 Å². The minimum atomic E-state index is 0.284. The van der Waals surface area contributed by atoms with E-state index in [0.29, 0.717) is 23.4 Å². The van der Waals surface area contributed by atoms with Gasteiger partial charge in [0.2, 0.25) is 0 Å². The SMILES string of the molecule is N#Cc1cnn2c(NCc3ccccc3)cc(CCl)nc12. The van der Waals surface area contributed by atoms with Crippen molar-refractivity contribution >= 4 is 23.1 Å². The van der Waals surface area contributed by atoms with Crippen molar-refractivity contribution < 1.29 is 0 Å². The molecule has 6 heteroatoms. The molecule has 0 aliphatic rings. The first-order chi connectivity index (χ1) is 10.3. The minimum absolute atomic E-state index is 0.284. The molecule has 0 atom stereocenters. The fourth-order valence-corrected chi connectivity index (χ4v) is 2.21. The summed E-state index contributed by atoms with van der Waals surface area (Å²) < 4.78 is 1.62. The molecule has 0 amide bonds. The molecule has 5 nitrogen and oxygen atoms in total. The van der Waals surface area contributed by atoms with Crippen molar-refractivity contribution in [2.75, 3.05) is 5.32 Å². The lowest BCUT2D eigenvalue weighted by molar-refractivity contribution is 0.915. The molecular weight excluding hydrogens is 286 g/mol. The highest BCUT2D eigenvalue weighted by atomic mass is 35.5. The van der Waals surface area contributed by atoms with Crippen LogP contribution in [-0.2, 0) is 12.4 Å². The summed E-state index contributed by atoms with van der Waals surface area (Å²) in [5.41, 5.74) is 2.82. The first kappa shape index (κ1) is 13.4. The van der Waals surface area contributed by atoms with Crippen molar-refractivity contribution in [3.63, 3.8) is 0 Å². The molecule has 3 aromatic rings. The maximum Gasteiger partial charge on any atom is 0.175 e. The second-order valence-electron chi connectivity index (χ2n) is 4.51. The molecule has 104 valence electrons. The minimum Gasteiger partial charge on any atom is -0.366 e. The van der Waals surface area contributed by atoms with E-state index in [-0.39, 0.29) is 5.88 Å². The fraction of sp³-hybridized carbons (Fsp3) is 0.133. The molecular formula is C15H12ClN5. The van der Waals surface area contributed by atoms with Gasteiger partial charge < -0.3 is 5.32 Å². The van der Waals surface area contributed by atoms with E-state index in [0.717, 1.165) is 11.4 Å². The molecule has 0 saturated carbocycles. The van der Waals surface area contributed by atoms with Crippen molar-refractivity contribution in [3.05, 3.63) is 59.4 Å². The number of nitriles is 1. The van der Waals surface area contributed by atoms with Gasteiger partial charge in [-0.3, -0.25) is 0 Å². The second kappa shape index (κ2) is 5.81. The number of anilines is 1. The van der Waals surface area contributed by atoms with Crippen LogP contribution in [0.15, 0.2) is 42.6 Å². The Bertz CT molecular complexity index is 804. The number of nitrogens with zero attached hydrogens (tertiary/aromatic N) is 4. The number of halogens is 1. The van der Waals surface area contributed by atoms with Crippen molar-refractivity contribution in [2.24, 2.45) is 0 Å². The van der Waals surface area contributed by atoms with Crippen LogP contribution in [0.1, 0.15) is 16.8 Å². The van der Waals surface area contributed by atoms with Gasteiger partial charge in [0.15, 0.2) is 5.65 Å². The number of benzene rings is 1. The zero-order chi connectivity index (χ0) is 14.7. The normalized spacial score (nSPS) is 10.5. The summed E-state index contributed by atoms with van der Waals surface area (Å²) in [6.45, 7) is 0.656. The number of hydrogen-bond donors (Lipinski definition) is 1. The van der Waals surface area contributed by atoms with Crippen LogP contribution in [-0.4, -0.2) is 14.6 Å². The highest BCUT2D eigenvalue weighted by Crippen LogP contribution is 2.17. The summed E-state index contributed by atoms with van der Waals surface area (Å²) in [6, 6.07) is 14.0. The lowest BCUT2D eigenvalue weighted by Gasteiger charge is -2.09. The maximum absolute atomic E-state index is 9.09. The van der Waals surface area contributed by atoms with Gasteiger partial charge in [0, 0.05) is 12.6 Å². The van der Waals surface area contributed by atoms with Gasteiger partial charge >= 0.3 is 0 Å². The number of alkyl halides is 1. The third-order valence-corrected chi connectivity index (χ3v) is 3.37. The average molecular weight is 298 g/mol. The van der Waals surface area contributed by atoms with Gasteiger partial charge in [0.25, 0.3) is 0 Å². The van der Waals surface area contributed by atoms with Crippen LogP contribution < -0.4 is 5.32 Å². The highest BCUT2D eigenvalue weighted by molar-refractivity contribution is 6.16. The topological polar surface area (TPSA) is 66.0 Å². The van der Waals surface area contributed by atoms with E-state index in [1.807, 2.05) is 36.4 Å². The fourth-order valence-electron chi connectivity index (χ4n) is 2.07. The van der Waals surface area contributed by atoms with Crippen molar-refractivity contribution in [1.82, 2.24) is 14.6 Å². The Morgan fingerprint density at radius 1 is 1.29 bits per heavy atom. The van der Waals surface area contributed by atoms with Gasteiger partial charge in [0.05, 0.1) is 17.8 Å². The summed E-state index contributed by atoms with van der Waals surface area (Å²) in [6.07, 6.45) is 1.51. The molecule has 2 aromatic heterocycles. The molecule has 0 fully saturated rings. The van der Waals surface area contributed by atoms with E-state index in [4.69, 9.17) is 16.9 Å². The van der Waals surface area contributed by atoms with Crippen molar-refractivity contribution in [2.45, 2.75) is 12.4 Å². The quantitative estimate of drug-likeness (QED) is 0.752. The molecule has 1 N–H and O–H groups in total. The Morgan fingerprint density at radius 3 is 2.81 bits per heavy atom. The first-order valence-electron chi connectivity index (χ1n) is 6.43. The number of rotatable bonds is 4. The Kier molecular flexibility index (Phi) is 3.71. The predicted molar refractivity (Wildman–Crippen MR) is 81.0 cm³/mol. The Balaban J connectivity index is 1.97. The van der Waals surface area contributed by atoms with Gasteiger partial charge in [-0.2, -0.15) is 14.9 Å². The van der Waals surface area contributed by atoms with Crippen LogP contribution >= 0.6 is 11.6 Å². The van der Waals surface area contributed by atoms with Crippen molar-refractivity contribution in [3.8, 4) is 6.07 Å². The summed E-state index contributed by atoms with van der Waals surface area (Å²) in [5.74, 6) is 1.05. The Morgan fingerprint density at radius 2 is 2.10 bits per heavy atom. The van der Waals surface area contributed by atoms with Gasteiger partial charge in [-0.15, -0.1) is 11.6 Å². The van der Waals surface area contributed by atoms with Crippen LogP contribution in [0.4, 0.5) is 5.82 Å². The lowest BCUT2D eigenvalue weighted by atomic mass is 10.2. The van der Waals surface area contributed by atoms with Crippen molar-refractivity contribution in [1.29, 1.82) is 5.26 Å². The third-order valence-electron chi connectivity index (χ3n) is 3.10. The summed E-state index contributed by atoms with van der Waals surface area (Å²) in [5, 5.41) is 16.6. The average Bonchev–Trinajstić information content (AvgIpc) is 2.96. The molecule has 0 saturated heterocycles. The zero-order valence-electron chi connectivity index (χ0n) is 11.1. The van der Waals surface area contributed by atoms with E-state index in [2.05, 4.69) is 21.5 Å². The molecule has 3 rings (SSSR count). The molecule has 2 heterocycles. The Hall–Kier alpha value is -2.58. The highest BCUT2D eigenvalue weighted by Gasteiger charge is 2.10. The van der Waals surface area contributed by atoms with E-state index in [1.54, 1.807) is 4.52 Å². The van der Waals surface area contributed by atoms with E-state index < -0.39 is 0 Å². The largest absolute Gasteiger partial charge is 0.366 e. The molecule has 0 aliphatic heterocycles. The third kappa shape index (κ3) is 2.67. The Labute approximate surface area is 126 Å². The van der Waals surface area contributed by atoms with Crippen LogP contribution in [0, 0.1) is 11.3 Å². The monoisotopic (exact) mass is 297 g/mol. The van der Waals surface area contributed by atoms with Gasteiger partial charge in [-0.1, -0.05) is 30.3 Å². The zero-order valence-corrected chi connectivity index (χ0v) is 11.9. The molecule has 0 radical (unpaired) electrons. The van der Waals surface area contributed by atoms with E-state index in [1.165, 1.54) is 6.20 Å².